The molecule has 3 rings (SSSR count). The quantitative estimate of drug-likeness (QED) is 0.737. The standard InChI is InChI=1S/C18H18N2O/c1-3-13-5-7-15(8-6-13)19-18(21)17-11-14-10-12(2)4-9-16(14)20-17/h4-11,20H,3H2,1-2H3,(H,19,21). The van der Waals surface area contributed by atoms with Gasteiger partial charge in [-0.3, -0.25) is 4.79 Å². The van der Waals surface area contributed by atoms with Gasteiger partial charge in [0, 0.05) is 16.6 Å². The summed E-state index contributed by atoms with van der Waals surface area (Å²) < 4.78 is 0. The number of hydrogen-bond acceptors (Lipinski definition) is 1. The lowest BCUT2D eigenvalue weighted by Crippen LogP contribution is -2.12. The zero-order valence-corrected chi connectivity index (χ0v) is 12.2. The number of nitrogens with one attached hydrogen (secondary N) is 2. The summed E-state index contributed by atoms with van der Waals surface area (Å²) in [4.78, 5) is 15.4. The van der Waals surface area contributed by atoms with E-state index in [-0.39, 0.29) is 5.91 Å². The van der Waals surface area contributed by atoms with Crippen molar-refractivity contribution >= 4 is 22.5 Å². The van der Waals surface area contributed by atoms with Crippen LogP contribution in [0.3, 0.4) is 0 Å². The van der Waals surface area contributed by atoms with Gasteiger partial charge in [-0.1, -0.05) is 30.7 Å². The van der Waals surface area contributed by atoms with Gasteiger partial charge < -0.3 is 10.3 Å². The molecule has 0 radical (unpaired) electrons. The van der Waals surface area contributed by atoms with E-state index < -0.39 is 0 Å². The number of aromatic amines is 1. The van der Waals surface area contributed by atoms with Gasteiger partial charge in [0.05, 0.1) is 0 Å². The molecule has 0 saturated carbocycles. The van der Waals surface area contributed by atoms with E-state index in [1.165, 1.54) is 11.1 Å². The molecule has 0 aliphatic carbocycles. The highest BCUT2D eigenvalue weighted by atomic mass is 16.1. The molecule has 21 heavy (non-hydrogen) atoms. The number of hydrogen-bond donors (Lipinski definition) is 2. The average molecular weight is 278 g/mol. The van der Waals surface area contributed by atoms with Crippen LogP contribution in [0.15, 0.2) is 48.5 Å². The van der Waals surface area contributed by atoms with Gasteiger partial charge in [0.25, 0.3) is 5.91 Å². The summed E-state index contributed by atoms with van der Waals surface area (Å²) in [7, 11) is 0. The Morgan fingerprint density at radius 2 is 1.86 bits per heavy atom. The number of rotatable bonds is 3. The average Bonchev–Trinajstić information content (AvgIpc) is 2.91. The predicted octanol–water partition coefficient (Wildman–Crippen LogP) is 4.29. The summed E-state index contributed by atoms with van der Waals surface area (Å²) in [6, 6.07) is 15.9. The largest absolute Gasteiger partial charge is 0.351 e. The number of carbonyl (C=O) groups is 1. The van der Waals surface area contributed by atoms with Crippen LogP contribution in [-0.4, -0.2) is 10.9 Å². The molecule has 0 aliphatic rings. The Morgan fingerprint density at radius 1 is 1.10 bits per heavy atom. The highest BCUT2D eigenvalue weighted by Crippen LogP contribution is 2.18. The third kappa shape index (κ3) is 2.82. The number of aryl methyl sites for hydroxylation is 2. The Morgan fingerprint density at radius 3 is 2.57 bits per heavy atom. The zero-order valence-electron chi connectivity index (χ0n) is 12.2. The number of anilines is 1. The lowest BCUT2D eigenvalue weighted by atomic mass is 10.1. The van der Waals surface area contributed by atoms with Crippen LogP contribution in [0.25, 0.3) is 10.9 Å². The van der Waals surface area contributed by atoms with Crippen molar-refractivity contribution in [1.29, 1.82) is 0 Å². The van der Waals surface area contributed by atoms with E-state index in [2.05, 4.69) is 23.3 Å². The van der Waals surface area contributed by atoms with Crippen LogP contribution in [0.4, 0.5) is 5.69 Å². The molecule has 0 saturated heterocycles. The molecule has 106 valence electrons. The van der Waals surface area contributed by atoms with Crippen molar-refractivity contribution < 1.29 is 4.79 Å². The summed E-state index contributed by atoms with van der Waals surface area (Å²) in [6.45, 7) is 4.15. The monoisotopic (exact) mass is 278 g/mol. The van der Waals surface area contributed by atoms with Gasteiger partial charge in [0.15, 0.2) is 0 Å². The summed E-state index contributed by atoms with van der Waals surface area (Å²) in [5, 5.41) is 3.97. The molecular weight excluding hydrogens is 260 g/mol. The zero-order chi connectivity index (χ0) is 14.8. The maximum atomic E-state index is 12.3. The first kappa shape index (κ1) is 13.4. The first-order chi connectivity index (χ1) is 10.2. The van der Waals surface area contributed by atoms with Crippen molar-refractivity contribution in [3.8, 4) is 0 Å². The molecule has 0 aliphatic heterocycles. The molecule has 0 spiro atoms. The molecular formula is C18H18N2O. The Hall–Kier alpha value is -2.55. The fourth-order valence-corrected chi connectivity index (χ4v) is 2.40. The van der Waals surface area contributed by atoms with Crippen LogP contribution in [0.5, 0.6) is 0 Å². The minimum atomic E-state index is -0.117. The highest BCUT2D eigenvalue weighted by molar-refractivity contribution is 6.05. The van der Waals surface area contributed by atoms with Gasteiger partial charge >= 0.3 is 0 Å². The number of carbonyl (C=O) groups excluding carboxylic acids is 1. The van der Waals surface area contributed by atoms with Gasteiger partial charge in [0.2, 0.25) is 0 Å². The molecule has 1 amide bonds. The molecule has 2 aromatic carbocycles. The summed E-state index contributed by atoms with van der Waals surface area (Å²) >= 11 is 0. The van der Waals surface area contributed by atoms with E-state index >= 15 is 0 Å². The van der Waals surface area contributed by atoms with Crippen LogP contribution < -0.4 is 5.32 Å². The SMILES string of the molecule is CCc1ccc(NC(=O)c2cc3cc(C)ccc3[nH]2)cc1. The summed E-state index contributed by atoms with van der Waals surface area (Å²) in [5.41, 5.74) is 4.81. The van der Waals surface area contributed by atoms with Crippen LogP contribution in [0, 0.1) is 6.92 Å². The second-order valence-electron chi connectivity index (χ2n) is 5.28. The Balaban J connectivity index is 1.82. The first-order valence-corrected chi connectivity index (χ1v) is 7.15. The number of amides is 1. The van der Waals surface area contributed by atoms with Crippen molar-refractivity contribution in [3.63, 3.8) is 0 Å². The van der Waals surface area contributed by atoms with E-state index in [0.717, 1.165) is 23.0 Å². The predicted molar refractivity (Wildman–Crippen MR) is 86.8 cm³/mol. The lowest BCUT2D eigenvalue weighted by molar-refractivity contribution is 0.102. The third-order valence-corrected chi connectivity index (χ3v) is 3.64. The number of aromatic nitrogens is 1. The van der Waals surface area contributed by atoms with E-state index in [1.807, 2.05) is 49.4 Å². The van der Waals surface area contributed by atoms with Gasteiger partial charge in [-0.05, 0) is 49.2 Å². The molecule has 1 aromatic heterocycles. The van der Waals surface area contributed by atoms with E-state index in [0.29, 0.717) is 5.69 Å². The van der Waals surface area contributed by atoms with Crippen LogP contribution in [-0.2, 0) is 6.42 Å². The molecule has 2 N–H and O–H groups in total. The van der Waals surface area contributed by atoms with Crippen molar-refractivity contribution in [1.82, 2.24) is 4.98 Å². The van der Waals surface area contributed by atoms with E-state index in [9.17, 15) is 4.79 Å². The minimum absolute atomic E-state index is 0.117. The second-order valence-corrected chi connectivity index (χ2v) is 5.28. The normalized spacial score (nSPS) is 10.8. The van der Waals surface area contributed by atoms with Gasteiger partial charge in [-0.15, -0.1) is 0 Å². The number of fused-ring (bicyclic) bond motifs is 1. The van der Waals surface area contributed by atoms with Crippen molar-refractivity contribution in [3.05, 3.63) is 65.4 Å². The molecule has 3 heteroatoms. The third-order valence-electron chi connectivity index (χ3n) is 3.64. The van der Waals surface area contributed by atoms with E-state index in [4.69, 9.17) is 0 Å². The molecule has 0 fully saturated rings. The highest BCUT2D eigenvalue weighted by Gasteiger charge is 2.09. The summed E-state index contributed by atoms with van der Waals surface area (Å²) in [5.74, 6) is -0.117. The van der Waals surface area contributed by atoms with Gasteiger partial charge in [-0.2, -0.15) is 0 Å². The molecule has 3 aromatic rings. The topological polar surface area (TPSA) is 44.9 Å². The van der Waals surface area contributed by atoms with Gasteiger partial charge in [0.1, 0.15) is 5.69 Å². The van der Waals surface area contributed by atoms with Crippen LogP contribution in [0.1, 0.15) is 28.5 Å². The van der Waals surface area contributed by atoms with E-state index in [1.54, 1.807) is 0 Å². The number of benzene rings is 2. The van der Waals surface area contributed by atoms with Crippen LogP contribution >= 0.6 is 0 Å². The molecule has 3 nitrogen and oxygen atoms in total. The Kier molecular flexibility index (Phi) is 3.48. The number of H-pyrrole nitrogens is 1. The second kappa shape index (κ2) is 5.44. The first-order valence-electron chi connectivity index (χ1n) is 7.15. The van der Waals surface area contributed by atoms with Crippen molar-refractivity contribution in [2.24, 2.45) is 0 Å². The molecule has 0 atom stereocenters. The minimum Gasteiger partial charge on any atom is -0.351 e. The maximum Gasteiger partial charge on any atom is 0.272 e. The maximum absolute atomic E-state index is 12.3. The Labute approximate surface area is 124 Å². The van der Waals surface area contributed by atoms with Crippen LogP contribution in [0.2, 0.25) is 0 Å². The Bertz CT molecular complexity index is 785. The fraction of sp³-hybridized carbons (Fsp3) is 0.167. The van der Waals surface area contributed by atoms with Crippen molar-refractivity contribution in [2.45, 2.75) is 20.3 Å². The molecule has 0 bridgehead atoms. The van der Waals surface area contributed by atoms with Crippen molar-refractivity contribution in [2.75, 3.05) is 5.32 Å². The lowest BCUT2D eigenvalue weighted by Gasteiger charge is -2.04. The molecule has 0 unspecified atom stereocenters. The smallest absolute Gasteiger partial charge is 0.272 e. The summed E-state index contributed by atoms with van der Waals surface area (Å²) in [6.07, 6.45) is 0.996. The fourth-order valence-electron chi connectivity index (χ4n) is 2.40. The van der Waals surface area contributed by atoms with Gasteiger partial charge in [-0.25, -0.2) is 0 Å². The molecule has 1 heterocycles.